The molecule has 0 saturated heterocycles. The third-order valence-electron chi connectivity index (χ3n) is 3.72. The molecule has 0 aliphatic heterocycles. The molecule has 120 valence electrons. The average molecular weight is 297 g/mol. The molecule has 1 aliphatic carbocycles. The second-order valence-corrected chi connectivity index (χ2v) is 5.31. The number of aryl methyl sites for hydroxylation is 1. The molecule has 0 spiro atoms. The van der Waals surface area contributed by atoms with Gasteiger partial charge in [0.15, 0.2) is 5.75 Å². The second-order valence-electron chi connectivity index (χ2n) is 5.31. The molecule has 0 radical (unpaired) electrons. The summed E-state index contributed by atoms with van der Waals surface area (Å²) in [5.41, 5.74) is 0. The van der Waals surface area contributed by atoms with E-state index in [4.69, 9.17) is 14.2 Å². The molecule has 1 fully saturated rings. The minimum atomic E-state index is 0.0803. The summed E-state index contributed by atoms with van der Waals surface area (Å²) < 4.78 is 18.8. The smallest absolute Gasteiger partial charge is 0.157 e. The maximum atomic E-state index is 6.00. The Kier molecular flexibility index (Phi) is 6.48. The number of hydrogen-bond acceptors (Lipinski definition) is 5. The van der Waals surface area contributed by atoms with E-state index in [1.807, 2.05) is 10.9 Å². The quantitative estimate of drug-likeness (QED) is 0.663. The number of hydrogen-bond donors (Lipinski definition) is 1. The standard InChI is InChI=1S/C15H27N3O3/c1-4-6-16-13-9-14(15(13)20-8-7-19-3)21-12-10-17-18(5-2)11-12/h10-11,13-16H,4-9H2,1-3H3. The Morgan fingerprint density at radius 3 is 2.90 bits per heavy atom. The summed E-state index contributed by atoms with van der Waals surface area (Å²) in [4.78, 5) is 0. The Morgan fingerprint density at radius 2 is 2.24 bits per heavy atom. The SMILES string of the molecule is CCCNC1CC(Oc2cnn(CC)c2)C1OCCOC. The van der Waals surface area contributed by atoms with Crippen LogP contribution in [0, 0.1) is 0 Å². The number of nitrogens with one attached hydrogen (secondary N) is 1. The van der Waals surface area contributed by atoms with Gasteiger partial charge in [-0.3, -0.25) is 4.68 Å². The van der Waals surface area contributed by atoms with E-state index in [0.717, 1.165) is 31.7 Å². The zero-order chi connectivity index (χ0) is 15.1. The first kappa shape index (κ1) is 16.3. The van der Waals surface area contributed by atoms with E-state index >= 15 is 0 Å². The van der Waals surface area contributed by atoms with Gasteiger partial charge in [0, 0.05) is 26.1 Å². The van der Waals surface area contributed by atoms with Crippen LogP contribution in [-0.4, -0.2) is 54.9 Å². The molecule has 1 aromatic rings. The van der Waals surface area contributed by atoms with Crippen LogP contribution in [0.5, 0.6) is 5.75 Å². The Hall–Kier alpha value is -1.11. The first-order chi connectivity index (χ1) is 10.3. The molecule has 1 aromatic heterocycles. The van der Waals surface area contributed by atoms with Crippen LogP contribution >= 0.6 is 0 Å². The summed E-state index contributed by atoms with van der Waals surface area (Å²) in [6, 6.07) is 0.369. The van der Waals surface area contributed by atoms with E-state index in [-0.39, 0.29) is 12.2 Å². The summed E-state index contributed by atoms with van der Waals surface area (Å²) >= 11 is 0. The minimum absolute atomic E-state index is 0.0803. The Labute approximate surface area is 126 Å². The average Bonchev–Trinajstić information content (AvgIpc) is 2.94. The molecule has 1 aliphatic rings. The fourth-order valence-electron chi connectivity index (χ4n) is 2.47. The Balaban J connectivity index is 1.85. The van der Waals surface area contributed by atoms with Crippen molar-refractivity contribution >= 4 is 0 Å². The number of nitrogens with zero attached hydrogens (tertiary/aromatic N) is 2. The highest BCUT2D eigenvalue weighted by Gasteiger charge is 2.43. The molecule has 0 aromatic carbocycles. The van der Waals surface area contributed by atoms with Crippen LogP contribution in [0.2, 0.25) is 0 Å². The third-order valence-corrected chi connectivity index (χ3v) is 3.72. The van der Waals surface area contributed by atoms with Crippen LogP contribution < -0.4 is 10.1 Å². The van der Waals surface area contributed by atoms with Gasteiger partial charge in [-0.05, 0) is 19.9 Å². The van der Waals surface area contributed by atoms with Gasteiger partial charge in [-0.15, -0.1) is 0 Å². The highest BCUT2D eigenvalue weighted by molar-refractivity contribution is 5.14. The van der Waals surface area contributed by atoms with Crippen molar-refractivity contribution in [3.8, 4) is 5.75 Å². The topological polar surface area (TPSA) is 57.5 Å². The zero-order valence-corrected chi connectivity index (χ0v) is 13.2. The van der Waals surface area contributed by atoms with E-state index in [1.54, 1.807) is 13.3 Å². The highest BCUT2D eigenvalue weighted by atomic mass is 16.6. The summed E-state index contributed by atoms with van der Waals surface area (Å²) in [7, 11) is 1.68. The molecule has 21 heavy (non-hydrogen) atoms. The fourth-order valence-corrected chi connectivity index (χ4v) is 2.47. The van der Waals surface area contributed by atoms with Gasteiger partial charge in [-0.1, -0.05) is 6.92 Å². The van der Waals surface area contributed by atoms with Crippen molar-refractivity contribution in [2.75, 3.05) is 26.9 Å². The van der Waals surface area contributed by atoms with Gasteiger partial charge in [0.2, 0.25) is 0 Å². The van der Waals surface area contributed by atoms with Gasteiger partial charge in [-0.2, -0.15) is 5.10 Å². The van der Waals surface area contributed by atoms with Gasteiger partial charge >= 0.3 is 0 Å². The van der Waals surface area contributed by atoms with Crippen molar-refractivity contribution < 1.29 is 14.2 Å². The molecule has 0 amide bonds. The van der Waals surface area contributed by atoms with Crippen molar-refractivity contribution in [3.63, 3.8) is 0 Å². The van der Waals surface area contributed by atoms with Crippen molar-refractivity contribution in [2.24, 2.45) is 0 Å². The summed E-state index contributed by atoms with van der Waals surface area (Å²) in [6.45, 7) is 7.29. The second kappa shape index (κ2) is 8.36. The van der Waals surface area contributed by atoms with E-state index in [2.05, 4.69) is 24.3 Å². The van der Waals surface area contributed by atoms with E-state index in [1.165, 1.54) is 0 Å². The van der Waals surface area contributed by atoms with Gasteiger partial charge in [0.1, 0.15) is 12.2 Å². The highest BCUT2D eigenvalue weighted by Crippen LogP contribution is 2.29. The van der Waals surface area contributed by atoms with E-state index < -0.39 is 0 Å². The lowest BCUT2D eigenvalue weighted by atomic mass is 9.85. The number of ether oxygens (including phenoxy) is 3. The van der Waals surface area contributed by atoms with Crippen molar-refractivity contribution in [1.29, 1.82) is 0 Å². The fraction of sp³-hybridized carbons (Fsp3) is 0.800. The van der Waals surface area contributed by atoms with Gasteiger partial charge < -0.3 is 19.5 Å². The molecule has 1 N–H and O–H groups in total. The molecule has 3 atom stereocenters. The lowest BCUT2D eigenvalue weighted by Crippen LogP contribution is -2.61. The third kappa shape index (κ3) is 4.43. The van der Waals surface area contributed by atoms with Gasteiger partial charge in [0.05, 0.1) is 25.6 Å². The Morgan fingerprint density at radius 1 is 1.38 bits per heavy atom. The van der Waals surface area contributed by atoms with E-state index in [0.29, 0.717) is 19.3 Å². The summed E-state index contributed by atoms with van der Waals surface area (Å²) in [5.74, 6) is 0.816. The first-order valence-electron chi connectivity index (χ1n) is 7.81. The van der Waals surface area contributed by atoms with Gasteiger partial charge in [0.25, 0.3) is 0 Å². The lowest BCUT2D eigenvalue weighted by molar-refractivity contribution is -0.115. The maximum Gasteiger partial charge on any atom is 0.157 e. The molecular formula is C15H27N3O3. The lowest BCUT2D eigenvalue weighted by Gasteiger charge is -2.44. The monoisotopic (exact) mass is 297 g/mol. The van der Waals surface area contributed by atoms with Crippen LogP contribution in [0.25, 0.3) is 0 Å². The summed E-state index contributed by atoms with van der Waals surface area (Å²) in [6.07, 6.45) is 5.95. The van der Waals surface area contributed by atoms with Crippen molar-refractivity contribution in [3.05, 3.63) is 12.4 Å². The predicted octanol–water partition coefficient (Wildman–Crippen LogP) is 1.45. The normalized spacial score (nSPS) is 24.8. The molecular weight excluding hydrogens is 270 g/mol. The molecule has 1 heterocycles. The summed E-state index contributed by atoms with van der Waals surface area (Å²) in [5, 5.41) is 7.74. The first-order valence-corrected chi connectivity index (χ1v) is 7.81. The largest absolute Gasteiger partial charge is 0.484 e. The van der Waals surface area contributed by atoms with Crippen molar-refractivity contribution in [2.45, 2.75) is 51.5 Å². The predicted molar refractivity (Wildman–Crippen MR) is 80.6 cm³/mol. The van der Waals surface area contributed by atoms with Crippen LogP contribution in [0.1, 0.15) is 26.7 Å². The maximum absolute atomic E-state index is 6.00. The molecule has 1 saturated carbocycles. The number of rotatable bonds is 10. The van der Waals surface area contributed by atoms with E-state index in [9.17, 15) is 0 Å². The van der Waals surface area contributed by atoms with Crippen LogP contribution in [0.15, 0.2) is 12.4 Å². The Bertz CT molecular complexity index is 411. The number of methoxy groups -OCH3 is 1. The minimum Gasteiger partial charge on any atom is -0.484 e. The van der Waals surface area contributed by atoms with Gasteiger partial charge in [-0.25, -0.2) is 0 Å². The van der Waals surface area contributed by atoms with Crippen LogP contribution in [0.3, 0.4) is 0 Å². The van der Waals surface area contributed by atoms with Crippen LogP contribution in [0.4, 0.5) is 0 Å². The molecule has 0 bridgehead atoms. The molecule has 6 nitrogen and oxygen atoms in total. The van der Waals surface area contributed by atoms with Crippen LogP contribution in [-0.2, 0) is 16.0 Å². The zero-order valence-electron chi connectivity index (χ0n) is 13.2. The molecule has 2 rings (SSSR count). The number of aromatic nitrogens is 2. The molecule has 3 unspecified atom stereocenters. The van der Waals surface area contributed by atoms with Crippen molar-refractivity contribution in [1.82, 2.24) is 15.1 Å². The molecule has 6 heteroatoms.